The van der Waals surface area contributed by atoms with Gasteiger partial charge in [0.15, 0.2) is 0 Å². The zero-order valence-corrected chi connectivity index (χ0v) is 13.7. The average Bonchev–Trinajstić information content (AvgIpc) is 2.73. The standard InChI is InChI=1S/C14H25N3O2S/c1-6-11(15)13(10-7-16-17(5)8-10)20-9-12(18)19-14(2,3)4/h7-8,11,13H,6,9,15H2,1-5H3. The van der Waals surface area contributed by atoms with Crippen molar-refractivity contribution < 1.29 is 9.53 Å². The number of esters is 1. The highest BCUT2D eigenvalue weighted by Crippen LogP contribution is 2.32. The molecule has 0 spiro atoms. The predicted molar refractivity (Wildman–Crippen MR) is 82.5 cm³/mol. The van der Waals surface area contributed by atoms with E-state index in [1.165, 1.54) is 11.8 Å². The second-order valence-corrected chi connectivity index (χ2v) is 6.97. The first kappa shape index (κ1) is 17.0. The van der Waals surface area contributed by atoms with E-state index in [0.717, 1.165) is 12.0 Å². The lowest BCUT2D eigenvalue weighted by molar-refractivity contribution is -0.151. The van der Waals surface area contributed by atoms with E-state index >= 15 is 0 Å². The zero-order chi connectivity index (χ0) is 15.3. The van der Waals surface area contributed by atoms with Crippen molar-refractivity contribution in [2.75, 3.05) is 5.75 Å². The summed E-state index contributed by atoms with van der Waals surface area (Å²) in [4.78, 5) is 11.8. The number of nitrogens with zero attached hydrogens (tertiary/aromatic N) is 2. The Balaban J connectivity index is 2.65. The summed E-state index contributed by atoms with van der Waals surface area (Å²) in [7, 11) is 1.87. The van der Waals surface area contributed by atoms with Crippen LogP contribution in [-0.4, -0.2) is 33.1 Å². The number of hydrogen-bond acceptors (Lipinski definition) is 5. The van der Waals surface area contributed by atoms with E-state index in [-0.39, 0.29) is 17.3 Å². The summed E-state index contributed by atoms with van der Waals surface area (Å²) < 4.78 is 7.07. The van der Waals surface area contributed by atoms with Crippen LogP contribution in [-0.2, 0) is 16.6 Å². The SMILES string of the molecule is CCC(N)C(SCC(=O)OC(C)(C)C)c1cnn(C)c1. The molecule has 0 bridgehead atoms. The minimum absolute atomic E-state index is 0.00774. The molecule has 5 nitrogen and oxygen atoms in total. The third-order valence-electron chi connectivity index (χ3n) is 2.71. The summed E-state index contributed by atoms with van der Waals surface area (Å²) in [6.07, 6.45) is 4.60. The van der Waals surface area contributed by atoms with Crippen LogP contribution in [0.4, 0.5) is 0 Å². The second kappa shape index (κ2) is 7.13. The Morgan fingerprint density at radius 3 is 2.65 bits per heavy atom. The molecule has 0 aliphatic rings. The molecule has 0 aliphatic heterocycles. The van der Waals surface area contributed by atoms with Crippen molar-refractivity contribution in [2.45, 2.75) is 51.0 Å². The lowest BCUT2D eigenvalue weighted by Gasteiger charge is -2.23. The first-order chi connectivity index (χ1) is 9.23. The number of rotatable bonds is 6. The first-order valence-corrected chi connectivity index (χ1v) is 7.85. The van der Waals surface area contributed by atoms with Crippen LogP contribution < -0.4 is 5.73 Å². The molecule has 2 unspecified atom stereocenters. The van der Waals surface area contributed by atoms with Crippen molar-refractivity contribution >= 4 is 17.7 Å². The van der Waals surface area contributed by atoms with Gasteiger partial charge in [-0.25, -0.2) is 0 Å². The fraction of sp³-hybridized carbons (Fsp3) is 0.714. The van der Waals surface area contributed by atoms with Crippen molar-refractivity contribution in [3.63, 3.8) is 0 Å². The van der Waals surface area contributed by atoms with Crippen molar-refractivity contribution in [3.8, 4) is 0 Å². The number of aromatic nitrogens is 2. The van der Waals surface area contributed by atoms with E-state index in [1.807, 2.05) is 47.1 Å². The van der Waals surface area contributed by atoms with Crippen LogP contribution in [0.15, 0.2) is 12.4 Å². The highest BCUT2D eigenvalue weighted by atomic mass is 32.2. The summed E-state index contributed by atoms with van der Waals surface area (Å²) >= 11 is 1.52. The predicted octanol–water partition coefficient (Wildman–Crippen LogP) is 2.27. The molecule has 1 rings (SSSR count). The Morgan fingerprint density at radius 1 is 1.55 bits per heavy atom. The van der Waals surface area contributed by atoms with Gasteiger partial charge in [-0.15, -0.1) is 11.8 Å². The van der Waals surface area contributed by atoms with Crippen molar-refractivity contribution in [1.82, 2.24) is 9.78 Å². The Hall–Kier alpha value is -1.01. The smallest absolute Gasteiger partial charge is 0.316 e. The molecular formula is C14H25N3O2S. The maximum Gasteiger partial charge on any atom is 0.316 e. The molecule has 1 aromatic rings. The van der Waals surface area contributed by atoms with Crippen LogP contribution in [0.25, 0.3) is 0 Å². The Morgan fingerprint density at radius 2 is 2.20 bits per heavy atom. The number of carbonyl (C=O) groups is 1. The summed E-state index contributed by atoms with van der Waals surface area (Å²) in [5.41, 5.74) is 6.76. The summed E-state index contributed by atoms with van der Waals surface area (Å²) in [6.45, 7) is 7.64. The molecule has 20 heavy (non-hydrogen) atoms. The summed E-state index contributed by atoms with van der Waals surface area (Å²) in [6, 6.07) is -0.00774. The van der Waals surface area contributed by atoms with Crippen LogP contribution in [0.2, 0.25) is 0 Å². The number of aryl methyl sites for hydroxylation is 1. The quantitative estimate of drug-likeness (QED) is 0.816. The van der Waals surface area contributed by atoms with Gasteiger partial charge in [0.05, 0.1) is 11.9 Å². The number of hydrogen-bond donors (Lipinski definition) is 1. The molecule has 2 atom stereocenters. The van der Waals surface area contributed by atoms with E-state index in [9.17, 15) is 4.79 Å². The van der Waals surface area contributed by atoms with Gasteiger partial charge in [-0.05, 0) is 27.2 Å². The lowest BCUT2D eigenvalue weighted by atomic mass is 10.1. The molecule has 0 aromatic carbocycles. The number of nitrogens with two attached hydrogens (primary N) is 1. The van der Waals surface area contributed by atoms with Crippen LogP contribution in [0.1, 0.15) is 44.9 Å². The highest BCUT2D eigenvalue weighted by molar-refractivity contribution is 8.00. The van der Waals surface area contributed by atoms with Crippen molar-refractivity contribution in [1.29, 1.82) is 0 Å². The van der Waals surface area contributed by atoms with Crippen molar-refractivity contribution in [2.24, 2.45) is 12.8 Å². The maximum absolute atomic E-state index is 11.8. The van der Waals surface area contributed by atoms with Gasteiger partial charge in [0.2, 0.25) is 0 Å². The molecule has 0 amide bonds. The number of thioether (sulfide) groups is 1. The molecule has 6 heteroatoms. The zero-order valence-electron chi connectivity index (χ0n) is 12.9. The monoisotopic (exact) mass is 299 g/mol. The van der Waals surface area contributed by atoms with Gasteiger partial charge in [0.25, 0.3) is 0 Å². The Kier molecular flexibility index (Phi) is 6.07. The van der Waals surface area contributed by atoms with Gasteiger partial charge in [0.1, 0.15) is 5.60 Å². The summed E-state index contributed by atoms with van der Waals surface area (Å²) in [5, 5.41) is 4.23. The molecule has 0 saturated carbocycles. The van der Waals surface area contributed by atoms with E-state index in [0.29, 0.717) is 5.75 Å². The van der Waals surface area contributed by atoms with Crippen molar-refractivity contribution in [3.05, 3.63) is 18.0 Å². The first-order valence-electron chi connectivity index (χ1n) is 6.80. The highest BCUT2D eigenvalue weighted by Gasteiger charge is 2.23. The van der Waals surface area contributed by atoms with E-state index in [1.54, 1.807) is 4.68 Å². The largest absolute Gasteiger partial charge is 0.459 e. The minimum Gasteiger partial charge on any atom is -0.459 e. The van der Waals surface area contributed by atoms with Crippen LogP contribution in [0, 0.1) is 0 Å². The number of carbonyl (C=O) groups excluding carboxylic acids is 1. The topological polar surface area (TPSA) is 70.1 Å². The average molecular weight is 299 g/mol. The molecule has 0 aliphatic carbocycles. The van der Waals surface area contributed by atoms with Gasteiger partial charge >= 0.3 is 5.97 Å². The molecular weight excluding hydrogens is 274 g/mol. The molecule has 114 valence electrons. The van der Waals surface area contributed by atoms with Gasteiger partial charge < -0.3 is 10.5 Å². The molecule has 1 aromatic heterocycles. The molecule has 0 saturated heterocycles. The second-order valence-electron chi connectivity index (χ2n) is 5.84. The fourth-order valence-corrected chi connectivity index (χ4v) is 2.93. The molecule has 2 N–H and O–H groups in total. The lowest BCUT2D eigenvalue weighted by Crippen LogP contribution is -2.28. The minimum atomic E-state index is -0.450. The molecule has 0 radical (unpaired) electrons. The fourth-order valence-electron chi connectivity index (χ4n) is 1.80. The molecule has 1 heterocycles. The van der Waals surface area contributed by atoms with Gasteiger partial charge in [0, 0.05) is 30.1 Å². The van der Waals surface area contributed by atoms with Gasteiger partial charge in [-0.2, -0.15) is 5.10 Å². The molecule has 0 fully saturated rings. The summed E-state index contributed by atoms with van der Waals surface area (Å²) in [5.74, 6) is 0.0875. The van der Waals surface area contributed by atoms with E-state index in [4.69, 9.17) is 10.5 Å². The van der Waals surface area contributed by atoms with Crippen LogP contribution >= 0.6 is 11.8 Å². The van der Waals surface area contributed by atoms with Crippen LogP contribution in [0.3, 0.4) is 0 Å². The van der Waals surface area contributed by atoms with Gasteiger partial charge in [-0.3, -0.25) is 9.48 Å². The third-order valence-corrected chi connectivity index (χ3v) is 4.10. The van der Waals surface area contributed by atoms with E-state index < -0.39 is 5.60 Å². The number of ether oxygens (including phenoxy) is 1. The Bertz CT molecular complexity index is 440. The Labute approximate surface area is 125 Å². The maximum atomic E-state index is 11.8. The van der Waals surface area contributed by atoms with E-state index in [2.05, 4.69) is 5.10 Å². The third kappa shape index (κ3) is 5.54. The normalized spacial score (nSPS) is 14.9. The van der Waals surface area contributed by atoms with Gasteiger partial charge in [-0.1, -0.05) is 6.92 Å². The van der Waals surface area contributed by atoms with Crippen LogP contribution in [0.5, 0.6) is 0 Å².